The molecule has 1 aliphatic rings. The Morgan fingerprint density at radius 3 is 2.52 bits per heavy atom. The maximum Gasteiger partial charge on any atom is 0.235 e. The summed E-state index contributed by atoms with van der Waals surface area (Å²) >= 11 is 0. The number of aryl methyl sites for hydroxylation is 1. The van der Waals surface area contributed by atoms with Gasteiger partial charge in [0.15, 0.2) is 9.84 Å². The molecule has 0 bridgehead atoms. The number of nitrogens with zero attached hydrogens (tertiary/aromatic N) is 1. The Bertz CT molecular complexity index is 605. The Kier molecular flexibility index (Phi) is 10.0. The fourth-order valence-electron chi connectivity index (χ4n) is 2.75. The van der Waals surface area contributed by atoms with Gasteiger partial charge in [0.25, 0.3) is 0 Å². The molecule has 1 heterocycles. The van der Waals surface area contributed by atoms with Crippen molar-refractivity contribution < 1.29 is 13.2 Å². The summed E-state index contributed by atoms with van der Waals surface area (Å²) < 4.78 is 24.0. The van der Waals surface area contributed by atoms with Crippen LogP contribution in [0.3, 0.4) is 0 Å². The first-order valence-corrected chi connectivity index (χ1v) is 10.3. The van der Waals surface area contributed by atoms with Gasteiger partial charge in [0.05, 0.1) is 5.75 Å². The highest BCUT2D eigenvalue weighted by atomic mass is 35.5. The summed E-state index contributed by atoms with van der Waals surface area (Å²) in [6.07, 6.45) is 1.26. The molecule has 0 radical (unpaired) electrons. The third-order valence-corrected chi connectivity index (χ3v) is 5.69. The first-order valence-electron chi connectivity index (χ1n) is 8.49. The maximum atomic E-state index is 12.0. The van der Waals surface area contributed by atoms with E-state index in [1.807, 2.05) is 30.3 Å². The van der Waals surface area contributed by atoms with Gasteiger partial charge in [0, 0.05) is 39.3 Å². The number of hydrogen-bond donors (Lipinski definition) is 2. The third kappa shape index (κ3) is 9.21. The second kappa shape index (κ2) is 11.5. The van der Waals surface area contributed by atoms with Gasteiger partial charge >= 0.3 is 0 Å². The van der Waals surface area contributed by atoms with Crippen molar-refractivity contribution in [3.8, 4) is 0 Å². The normalized spacial score (nSPS) is 15.4. The fourth-order valence-corrected chi connectivity index (χ4v) is 3.98. The summed E-state index contributed by atoms with van der Waals surface area (Å²) in [4.78, 5) is 14.1. The molecular weight excluding hydrogens is 362 g/mol. The summed E-state index contributed by atoms with van der Waals surface area (Å²) in [5.41, 5.74) is 1.12. The molecule has 25 heavy (non-hydrogen) atoms. The summed E-state index contributed by atoms with van der Waals surface area (Å²) in [6.45, 7) is 5.12. The third-order valence-electron chi connectivity index (χ3n) is 4.07. The lowest BCUT2D eigenvalue weighted by atomic mass is 10.1. The van der Waals surface area contributed by atoms with Gasteiger partial charge < -0.3 is 10.6 Å². The molecule has 2 rings (SSSR count). The van der Waals surface area contributed by atoms with E-state index in [4.69, 9.17) is 0 Å². The number of sulfone groups is 1. The molecule has 142 valence electrons. The minimum Gasteiger partial charge on any atom is -0.354 e. The molecule has 1 aromatic rings. The Labute approximate surface area is 156 Å². The molecule has 1 saturated heterocycles. The molecule has 0 atom stereocenters. The van der Waals surface area contributed by atoms with Crippen LogP contribution in [0, 0.1) is 0 Å². The number of piperazine rings is 1. The van der Waals surface area contributed by atoms with Crippen LogP contribution >= 0.6 is 12.4 Å². The van der Waals surface area contributed by atoms with Crippen molar-refractivity contribution in [3.63, 3.8) is 0 Å². The summed E-state index contributed by atoms with van der Waals surface area (Å²) in [5.74, 6) is -0.763. The zero-order valence-electron chi connectivity index (χ0n) is 14.4. The van der Waals surface area contributed by atoms with E-state index in [-0.39, 0.29) is 18.2 Å². The SMILES string of the molecule is Cl.O=C(CS(=O)(=O)CCCc1ccccc1)NCCN1CCNCC1. The Morgan fingerprint density at radius 1 is 1.16 bits per heavy atom. The number of benzene rings is 1. The van der Waals surface area contributed by atoms with E-state index in [9.17, 15) is 13.2 Å². The first kappa shape index (κ1) is 21.9. The van der Waals surface area contributed by atoms with Crippen LogP contribution in [-0.4, -0.2) is 70.0 Å². The van der Waals surface area contributed by atoms with Crippen molar-refractivity contribution in [2.24, 2.45) is 0 Å². The number of halogens is 1. The molecule has 0 spiro atoms. The molecule has 8 heteroatoms. The van der Waals surface area contributed by atoms with Crippen LogP contribution in [0.15, 0.2) is 30.3 Å². The van der Waals surface area contributed by atoms with E-state index in [1.54, 1.807) is 0 Å². The Balaban J connectivity index is 0.00000312. The summed E-state index contributed by atoms with van der Waals surface area (Å²) in [7, 11) is -3.34. The van der Waals surface area contributed by atoms with E-state index >= 15 is 0 Å². The second-order valence-electron chi connectivity index (χ2n) is 6.12. The van der Waals surface area contributed by atoms with Gasteiger partial charge in [-0.25, -0.2) is 8.42 Å². The van der Waals surface area contributed by atoms with Crippen LogP contribution in [0.25, 0.3) is 0 Å². The monoisotopic (exact) mass is 389 g/mol. The van der Waals surface area contributed by atoms with E-state index < -0.39 is 21.5 Å². The minimum absolute atomic E-state index is 0. The zero-order valence-corrected chi connectivity index (χ0v) is 16.1. The number of nitrogens with one attached hydrogen (secondary N) is 2. The van der Waals surface area contributed by atoms with Crippen LogP contribution in [0.2, 0.25) is 0 Å². The molecule has 1 amide bonds. The van der Waals surface area contributed by atoms with Crippen LogP contribution < -0.4 is 10.6 Å². The summed E-state index contributed by atoms with van der Waals surface area (Å²) in [6, 6.07) is 9.78. The highest BCUT2D eigenvalue weighted by Gasteiger charge is 2.16. The molecular formula is C17H28ClN3O3S. The van der Waals surface area contributed by atoms with Crippen molar-refractivity contribution in [2.45, 2.75) is 12.8 Å². The molecule has 2 N–H and O–H groups in total. The van der Waals surface area contributed by atoms with Gasteiger partial charge in [-0.1, -0.05) is 30.3 Å². The molecule has 1 aliphatic heterocycles. The topological polar surface area (TPSA) is 78.5 Å². The quantitative estimate of drug-likeness (QED) is 0.642. The van der Waals surface area contributed by atoms with Gasteiger partial charge in [0.1, 0.15) is 5.75 Å². The predicted octanol–water partition coefficient (Wildman–Crippen LogP) is 0.477. The molecule has 1 fully saturated rings. The highest BCUT2D eigenvalue weighted by molar-refractivity contribution is 7.92. The van der Waals surface area contributed by atoms with Crippen LogP contribution in [-0.2, 0) is 21.1 Å². The minimum atomic E-state index is -3.34. The largest absolute Gasteiger partial charge is 0.354 e. The van der Waals surface area contributed by atoms with Crippen molar-refractivity contribution in [2.75, 3.05) is 50.8 Å². The van der Waals surface area contributed by atoms with Crippen LogP contribution in [0.1, 0.15) is 12.0 Å². The Morgan fingerprint density at radius 2 is 1.84 bits per heavy atom. The number of rotatable bonds is 9. The van der Waals surface area contributed by atoms with E-state index in [0.717, 1.165) is 38.3 Å². The fraction of sp³-hybridized carbons (Fsp3) is 0.588. The molecule has 0 unspecified atom stereocenters. The average Bonchev–Trinajstić information content (AvgIpc) is 2.56. The highest BCUT2D eigenvalue weighted by Crippen LogP contribution is 2.04. The molecule has 1 aromatic carbocycles. The predicted molar refractivity (Wildman–Crippen MR) is 103 cm³/mol. The Hall–Kier alpha value is -1.15. The number of hydrogen-bond acceptors (Lipinski definition) is 5. The first-order chi connectivity index (χ1) is 11.6. The molecule has 6 nitrogen and oxygen atoms in total. The standard InChI is InChI=1S/C17H27N3O3S.ClH/c21-17(19-10-13-20-11-8-18-9-12-20)15-24(22,23)14-4-7-16-5-2-1-3-6-16;/h1-3,5-6,18H,4,7-15H2,(H,19,21);1H. The lowest BCUT2D eigenvalue weighted by Gasteiger charge is -2.27. The van der Waals surface area contributed by atoms with Gasteiger partial charge in [-0.05, 0) is 18.4 Å². The smallest absolute Gasteiger partial charge is 0.235 e. The number of amides is 1. The van der Waals surface area contributed by atoms with Crippen LogP contribution in [0.4, 0.5) is 0 Å². The van der Waals surface area contributed by atoms with Gasteiger partial charge in [-0.15, -0.1) is 12.4 Å². The van der Waals surface area contributed by atoms with Gasteiger partial charge in [-0.2, -0.15) is 0 Å². The lowest BCUT2D eigenvalue weighted by molar-refractivity contribution is -0.118. The van der Waals surface area contributed by atoms with Gasteiger partial charge in [-0.3, -0.25) is 9.69 Å². The maximum absolute atomic E-state index is 12.0. The van der Waals surface area contributed by atoms with E-state index in [1.165, 1.54) is 0 Å². The number of carbonyl (C=O) groups excluding carboxylic acids is 1. The second-order valence-corrected chi connectivity index (χ2v) is 8.31. The van der Waals surface area contributed by atoms with Crippen molar-refractivity contribution in [3.05, 3.63) is 35.9 Å². The van der Waals surface area contributed by atoms with E-state index in [0.29, 0.717) is 19.4 Å². The number of carbonyl (C=O) groups is 1. The summed E-state index contributed by atoms with van der Waals surface area (Å²) in [5, 5.41) is 5.98. The molecule has 0 aromatic heterocycles. The van der Waals surface area contributed by atoms with Gasteiger partial charge in [0.2, 0.25) is 5.91 Å². The van der Waals surface area contributed by atoms with Crippen molar-refractivity contribution in [1.29, 1.82) is 0 Å². The average molecular weight is 390 g/mol. The zero-order chi connectivity index (χ0) is 17.3. The van der Waals surface area contributed by atoms with Crippen molar-refractivity contribution >= 4 is 28.2 Å². The van der Waals surface area contributed by atoms with E-state index in [2.05, 4.69) is 15.5 Å². The van der Waals surface area contributed by atoms with Crippen LogP contribution in [0.5, 0.6) is 0 Å². The van der Waals surface area contributed by atoms with Crippen molar-refractivity contribution in [1.82, 2.24) is 15.5 Å². The molecule has 0 saturated carbocycles. The lowest BCUT2D eigenvalue weighted by Crippen LogP contribution is -2.46. The molecule has 0 aliphatic carbocycles.